The van der Waals surface area contributed by atoms with Gasteiger partial charge < -0.3 is 10.1 Å². The number of rotatable bonds is 11. The molecule has 2 aliphatic rings. The van der Waals surface area contributed by atoms with Gasteiger partial charge in [0.25, 0.3) is 5.70 Å². The van der Waals surface area contributed by atoms with Crippen LogP contribution in [-0.4, -0.2) is 47.9 Å². The zero-order chi connectivity index (χ0) is 17.4. The Morgan fingerprint density at radius 1 is 1.50 bits per heavy atom. The summed E-state index contributed by atoms with van der Waals surface area (Å²) in [5, 5.41) is 19.7. The lowest BCUT2D eigenvalue weighted by Gasteiger charge is -2.18. The lowest BCUT2D eigenvalue weighted by molar-refractivity contribution is -0.415. The van der Waals surface area contributed by atoms with Crippen LogP contribution in [0.4, 0.5) is 0 Å². The van der Waals surface area contributed by atoms with Gasteiger partial charge in [-0.25, -0.2) is 0 Å². The lowest BCUT2D eigenvalue weighted by Crippen LogP contribution is -2.36. The van der Waals surface area contributed by atoms with Crippen molar-refractivity contribution in [2.45, 2.75) is 31.7 Å². The number of hydroxylamine groups is 2. The van der Waals surface area contributed by atoms with E-state index >= 15 is 0 Å². The highest BCUT2D eigenvalue weighted by Gasteiger charge is 2.39. The molecule has 0 radical (unpaired) electrons. The molecule has 0 aromatic rings. The van der Waals surface area contributed by atoms with Crippen molar-refractivity contribution in [3.63, 3.8) is 0 Å². The summed E-state index contributed by atoms with van der Waals surface area (Å²) in [6.07, 6.45) is 7.62. The van der Waals surface area contributed by atoms with Crippen LogP contribution < -0.4 is 5.32 Å². The van der Waals surface area contributed by atoms with Gasteiger partial charge in [-0.2, -0.15) is 0 Å². The van der Waals surface area contributed by atoms with Gasteiger partial charge in [0.15, 0.2) is 5.71 Å². The third kappa shape index (κ3) is 5.40. The second kappa shape index (κ2) is 9.92. The van der Waals surface area contributed by atoms with E-state index in [1.54, 1.807) is 7.05 Å². The molecule has 1 aliphatic heterocycles. The Morgan fingerprint density at radius 2 is 2.29 bits per heavy atom. The number of allylic oxidation sites excluding steroid dienone is 1. The van der Waals surface area contributed by atoms with Crippen LogP contribution in [0.25, 0.3) is 0 Å². The fraction of sp³-hybridized carbons (Fsp3) is 0.643. The number of thiol groups is 1. The van der Waals surface area contributed by atoms with E-state index < -0.39 is 4.92 Å². The molecule has 10 heteroatoms. The Kier molecular flexibility index (Phi) is 7.89. The molecule has 0 aromatic heterocycles. The predicted octanol–water partition coefficient (Wildman–Crippen LogP) is 2.35. The monoisotopic (exact) mass is 374 g/mol. The molecule has 0 saturated carbocycles. The average molecular weight is 374 g/mol. The summed E-state index contributed by atoms with van der Waals surface area (Å²) in [6.45, 7) is 1.53. The van der Waals surface area contributed by atoms with Crippen LogP contribution in [0.5, 0.6) is 0 Å². The molecule has 1 unspecified atom stereocenters. The summed E-state index contributed by atoms with van der Waals surface area (Å²) in [5.41, 5.74) is 1.05. The number of nitro groups is 1. The highest BCUT2D eigenvalue weighted by Crippen LogP contribution is 2.23. The molecule has 1 heterocycles. The summed E-state index contributed by atoms with van der Waals surface area (Å²) < 4.78 is 5.33. The number of hydrogen-bond acceptors (Lipinski definition) is 9. The van der Waals surface area contributed by atoms with Crippen molar-refractivity contribution in [2.24, 2.45) is 5.16 Å². The third-order valence-electron chi connectivity index (χ3n) is 3.71. The van der Waals surface area contributed by atoms with Crippen LogP contribution in [0.2, 0.25) is 0 Å². The van der Waals surface area contributed by atoms with Crippen molar-refractivity contribution < 1.29 is 14.6 Å². The number of unbranched alkanes of at least 4 members (excludes halogenated alkanes) is 3. The van der Waals surface area contributed by atoms with Crippen molar-refractivity contribution >= 4 is 28.2 Å². The smallest absolute Gasteiger partial charge is 0.298 e. The molecule has 0 spiro atoms. The first-order chi connectivity index (χ1) is 11.6. The number of fused-ring (bicyclic) bond motifs is 1. The molecule has 0 aromatic carbocycles. The minimum Gasteiger partial charge on any atom is -0.385 e. The Hall–Kier alpha value is -1.23. The summed E-state index contributed by atoms with van der Waals surface area (Å²) in [6, 6.07) is -0.320. The van der Waals surface area contributed by atoms with Gasteiger partial charge in [-0.05, 0) is 18.9 Å². The molecule has 0 saturated heterocycles. The van der Waals surface area contributed by atoms with Gasteiger partial charge in [0.2, 0.25) is 0 Å². The number of nitrogens with zero attached hydrogens (tertiary/aromatic N) is 3. The van der Waals surface area contributed by atoms with Gasteiger partial charge in [-0.1, -0.05) is 28.8 Å². The minimum absolute atomic E-state index is 0.0199. The van der Waals surface area contributed by atoms with Crippen LogP contribution in [0, 0.1) is 10.1 Å². The summed E-state index contributed by atoms with van der Waals surface area (Å²) >= 11 is 4.00. The summed E-state index contributed by atoms with van der Waals surface area (Å²) in [4.78, 5) is 15.8. The van der Waals surface area contributed by atoms with E-state index in [4.69, 9.17) is 9.68 Å². The second-order valence-corrected chi connectivity index (χ2v) is 6.72. The molecule has 0 amide bonds. The molecule has 8 nitrogen and oxygen atoms in total. The normalized spacial score (nSPS) is 19.9. The zero-order valence-corrected chi connectivity index (χ0v) is 15.2. The molecule has 0 fully saturated rings. The van der Waals surface area contributed by atoms with Crippen molar-refractivity contribution in [1.82, 2.24) is 10.4 Å². The number of hydrogen-bond donors (Lipinski definition) is 2. The maximum atomic E-state index is 11.2. The topological polar surface area (TPSA) is 89.2 Å². The maximum Gasteiger partial charge on any atom is 0.298 e. The van der Waals surface area contributed by atoms with Gasteiger partial charge in [0.1, 0.15) is 12.0 Å². The highest BCUT2D eigenvalue weighted by molar-refractivity contribution is 8.68. The first kappa shape index (κ1) is 19.1. The van der Waals surface area contributed by atoms with Gasteiger partial charge in [0.05, 0.1) is 4.92 Å². The first-order valence-electron chi connectivity index (χ1n) is 7.77. The molecule has 1 atom stereocenters. The summed E-state index contributed by atoms with van der Waals surface area (Å²) in [7, 11) is 3.08. The third-order valence-corrected chi connectivity index (χ3v) is 4.30. The maximum absolute atomic E-state index is 11.2. The summed E-state index contributed by atoms with van der Waals surface area (Å²) in [5.74, 6) is 0.620. The van der Waals surface area contributed by atoms with E-state index in [1.807, 2.05) is 6.08 Å². The number of oxime groups is 1. The molecule has 2 rings (SSSR count). The van der Waals surface area contributed by atoms with E-state index in [2.05, 4.69) is 22.1 Å². The lowest BCUT2D eigenvalue weighted by atomic mass is 10.0. The molecule has 134 valence electrons. The molecular weight excluding hydrogens is 352 g/mol. The van der Waals surface area contributed by atoms with Gasteiger partial charge >= 0.3 is 0 Å². The van der Waals surface area contributed by atoms with E-state index in [1.165, 1.54) is 21.9 Å². The van der Waals surface area contributed by atoms with E-state index in [-0.39, 0.29) is 11.7 Å². The second-order valence-electron chi connectivity index (χ2n) is 5.45. The van der Waals surface area contributed by atoms with Crippen LogP contribution in [0.15, 0.2) is 28.7 Å². The predicted molar refractivity (Wildman–Crippen MR) is 97.1 cm³/mol. The van der Waals surface area contributed by atoms with Crippen molar-refractivity contribution in [3.8, 4) is 0 Å². The highest BCUT2D eigenvalue weighted by atomic mass is 33.1. The van der Waals surface area contributed by atoms with E-state index in [9.17, 15) is 10.1 Å². The standard InChI is InChI=1S/C14H22N4O4S2/c1-17-12-8-11(9-13(18(19)20)14(12)16-22-17)15-6-4-2-3-5-7-21-10-24-23/h8-9,12,15,23H,2-7,10H2,1H3. The van der Waals surface area contributed by atoms with Crippen LogP contribution >= 0.6 is 22.5 Å². The quantitative estimate of drug-likeness (QED) is 0.143. The Balaban J connectivity index is 1.71. The first-order valence-corrected chi connectivity index (χ1v) is 9.81. The number of likely N-dealkylation sites (N-methyl/N-ethyl adjacent to an activating group) is 1. The van der Waals surface area contributed by atoms with Gasteiger partial charge in [-0.3, -0.25) is 15.1 Å². The number of ether oxygens (including phenoxy) is 1. The van der Waals surface area contributed by atoms with Gasteiger partial charge in [0, 0.05) is 32.0 Å². The van der Waals surface area contributed by atoms with Crippen molar-refractivity contribution in [2.75, 3.05) is 26.1 Å². The SMILES string of the molecule is CN1ON=C2C([N+](=O)[O-])=CC(NCCCCCCOCSS)=CC21. The molecule has 1 aliphatic carbocycles. The minimum atomic E-state index is -0.424. The molecule has 0 bridgehead atoms. The van der Waals surface area contributed by atoms with E-state index in [0.29, 0.717) is 11.7 Å². The van der Waals surface area contributed by atoms with Crippen molar-refractivity contribution in [1.29, 1.82) is 0 Å². The van der Waals surface area contributed by atoms with Crippen LogP contribution in [0.1, 0.15) is 25.7 Å². The van der Waals surface area contributed by atoms with Gasteiger partial charge in [-0.15, -0.1) is 16.7 Å². The average Bonchev–Trinajstić information content (AvgIpc) is 2.94. The van der Waals surface area contributed by atoms with Crippen LogP contribution in [0.3, 0.4) is 0 Å². The molecule has 24 heavy (non-hydrogen) atoms. The largest absolute Gasteiger partial charge is 0.385 e. The molecule has 1 N–H and O–H groups in total. The van der Waals surface area contributed by atoms with Crippen molar-refractivity contribution in [3.05, 3.63) is 33.7 Å². The van der Waals surface area contributed by atoms with E-state index in [0.717, 1.165) is 44.5 Å². The fourth-order valence-electron chi connectivity index (χ4n) is 2.47. The molecular formula is C14H22N4O4S2. The Morgan fingerprint density at radius 3 is 3.04 bits per heavy atom. The Bertz CT molecular complexity index is 539. The fourth-order valence-corrected chi connectivity index (χ4v) is 2.89. The number of nitrogens with one attached hydrogen (secondary N) is 1. The van der Waals surface area contributed by atoms with Crippen LogP contribution in [-0.2, 0) is 9.68 Å². The zero-order valence-electron chi connectivity index (χ0n) is 13.5. The Labute approximate surface area is 150 Å².